The van der Waals surface area contributed by atoms with Crippen molar-refractivity contribution in [1.29, 1.82) is 0 Å². The molecule has 2 aromatic heterocycles. The van der Waals surface area contributed by atoms with Gasteiger partial charge in [0.2, 0.25) is 0 Å². The number of aromatic nitrogens is 4. The molecule has 3 N–H and O–H groups in total. The van der Waals surface area contributed by atoms with E-state index in [9.17, 15) is 0 Å². The Hall–Kier alpha value is -1.95. The number of benzene rings is 1. The van der Waals surface area contributed by atoms with Gasteiger partial charge in [0.05, 0.1) is 0 Å². The quantitative estimate of drug-likeness (QED) is 0.761. The van der Waals surface area contributed by atoms with Crippen molar-refractivity contribution in [3.05, 3.63) is 46.5 Å². The maximum Gasteiger partial charge on any atom is 0.183 e. The van der Waals surface area contributed by atoms with Gasteiger partial charge >= 0.3 is 0 Å². The van der Waals surface area contributed by atoms with E-state index in [2.05, 4.69) is 41.9 Å². The Morgan fingerprint density at radius 2 is 2.17 bits per heavy atom. The smallest absolute Gasteiger partial charge is 0.183 e. The zero-order valence-corrected chi connectivity index (χ0v) is 11.0. The minimum atomic E-state index is 0.424. The molecule has 0 amide bonds. The van der Waals surface area contributed by atoms with Crippen molar-refractivity contribution in [1.82, 2.24) is 19.9 Å². The number of rotatable bonds is 2. The van der Waals surface area contributed by atoms with Gasteiger partial charge in [0.15, 0.2) is 11.5 Å². The summed E-state index contributed by atoms with van der Waals surface area (Å²) in [6.07, 6.45) is 2.12. The van der Waals surface area contributed by atoms with Gasteiger partial charge in [-0.2, -0.15) is 0 Å². The molecule has 1 aromatic carbocycles. The van der Waals surface area contributed by atoms with E-state index in [-0.39, 0.29) is 0 Å². The number of nitrogens with one attached hydrogen (secondary N) is 1. The maximum absolute atomic E-state index is 5.76. The van der Waals surface area contributed by atoms with E-state index in [1.807, 2.05) is 18.2 Å². The van der Waals surface area contributed by atoms with E-state index in [1.54, 1.807) is 0 Å². The van der Waals surface area contributed by atoms with Crippen molar-refractivity contribution >= 4 is 32.9 Å². The molecule has 0 aliphatic heterocycles. The van der Waals surface area contributed by atoms with E-state index >= 15 is 0 Å². The highest BCUT2D eigenvalue weighted by molar-refractivity contribution is 9.10. The molecule has 0 saturated heterocycles. The van der Waals surface area contributed by atoms with Crippen LogP contribution in [0.15, 0.2) is 35.1 Å². The fourth-order valence-corrected chi connectivity index (χ4v) is 2.26. The Labute approximate surface area is 112 Å². The molecule has 3 rings (SSSR count). The predicted molar refractivity (Wildman–Crippen MR) is 73.0 cm³/mol. The summed E-state index contributed by atoms with van der Waals surface area (Å²) in [5.74, 6) is 1.25. The lowest BCUT2D eigenvalue weighted by Crippen LogP contribution is -1.92. The van der Waals surface area contributed by atoms with Crippen molar-refractivity contribution in [2.45, 2.75) is 6.42 Å². The van der Waals surface area contributed by atoms with Crippen LogP contribution in [-0.4, -0.2) is 19.9 Å². The first kappa shape index (κ1) is 11.2. The Kier molecular flexibility index (Phi) is 2.71. The average molecular weight is 304 g/mol. The number of aromatic amines is 1. The van der Waals surface area contributed by atoms with E-state index in [0.29, 0.717) is 23.4 Å². The van der Waals surface area contributed by atoms with Crippen LogP contribution >= 0.6 is 15.9 Å². The number of nitrogens with two attached hydrogens (primary N) is 1. The summed E-state index contributed by atoms with van der Waals surface area (Å²) in [5.41, 5.74) is 8.22. The summed E-state index contributed by atoms with van der Waals surface area (Å²) in [5, 5.41) is 0. The minimum Gasteiger partial charge on any atom is -0.382 e. The molecule has 0 unspecified atom stereocenters. The summed E-state index contributed by atoms with van der Waals surface area (Å²) in [4.78, 5) is 15.6. The van der Waals surface area contributed by atoms with Crippen molar-refractivity contribution in [2.24, 2.45) is 0 Å². The molecule has 0 aliphatic carbocycles. The molecule has 0 saturated carbocycles. The highest BCUT2D eigenvalue weighted by atomic mass is 79.9. The number of halogens is 1. The fraction of sp³-hybridized carbons (Fsp3) is 0.0833. The van der Waals surface area contributed by atoms with Crippen molar-refractivity contribution in [2.75, 3.05) is 5.73 Å². The summed E-state index contributed by atoms with van der Waals surface area (Å²) < 4.78 is 1.05. The third-order valence-electron chi connectivity index (χ3n) is 2.63. The molecule has 3 aromatic rings. The minimum absolute atomic E-state index is 0.424. The first-order chi connectivity index (χ1) is 8.72. The van der Waals surface area contributed by atoms with Gasteiger partial charge < -0.3 is 10.7 Å². The lowest BCUT2D eigenvalue weighted by atomic mass is 10.1. The van der Waals surface area contributed by atoms with Gasteiger partial charge in [-0.15, -0.1) is 0 Å². The lowest BCUT2D eigenvalue weighted by Gasteiger charge is -1.98. The number of fused-ring (bicyclic) bond motifs is 1. The van der Waals surface area contributed by atoms with Crippen molar-refractivity contribution in [3.63, 3.8) is 0 Å². The largest absolute Gasteiger partial charge is 0.382 e. The molecule has 6 heteroatoms. The number of hydrogen-bond acceptors (Lipinski definition) is 4. The number of nitrogens with zero attached hydrogens (tertiary/aromatic N) is 3. The van der Waals surface area contributed by atoms with Crippen LogP contribution < -0.4 is 5.73 Å². The molecule has 0 spiro atoms. The number of H-pyrrole nitrogens is 1. The number of anilines is 1. The standard InChI is InChI=1S/C12H10BrN5/c13-8-3-1-2-7(4-8)5-9-17-10-11(14)15-6-16-12(10)18-9/h1-4,6H,5H2,(H3,14,15,16,17,18). The molecule has 0 atom stereocenters. The molecular formula is C12H10BrN5. The van der Waals surface area contributed by atoms with Crippen LogP contribution in [0.25, 0.3) is 11.2 Å². The molecule has 0 fully saturated rings. The number of imidazole rings is 1. The van der Waals surface area contributed by atoms with Gasteiger partial charge in [0.1, 0.15) is 17.7 Å². The molecular weight excluding hydrogens is 294 g/mol. The third-order valence-corrected chi connectivity index (χ3v) is 3.12. The van der Waals surface area contributed by atoms with Gasteiger partial charge in [-0.3, -0.25) is 0 Å². The highest BCUT2D eigenvalue weighted by Gasteiger charge is 2.07. The monoisotopic (exact) mass is 303 g/mol. The molecule has 0 bridgehead atoms. The van der Waals surface area contributed by atoms with Gasteiger partial charge in [0, 0.05) is 10.9 Å². The van der Waals surface area contributed by atoms with Gasteiger partial charge in [-0.1, -0.05) is 28.1 Å². The van der Waals surface area contributed by atoms with E-state index in [1.165, 1.54) is 6.33 Å². The van der Waals surface area contributed by atoms with Gasteiger partial charge in [0.25, 0.3) is 0 Å². The summed E-state index contributed by atoms with van der Waals surface area (Å²) >= 11 is 3.45. The zero-order valence-electron chi connectivity index (χ0n) is 9.39. The second-order valence-electron chi connectivity index (χ2n) is 3.95. The Morgan fingerprint density at radius 3 is 2.94 bits per heavy atom. The van der Waals surface area contributed by atoms with Crippen LogP contribution in [0.2, 0.25) is 0 Å². The molecule has 0 radical (unpaired) electrons. The molecule has 2 heterocycles. The first-order valence-electron chi connectivity index (χ1n) is 5.42. The summed E-state index contributed by atoms with van der Waals surface area (Å²) in [6, 6.07) is 8.09. The summed E-state index contributed by atoms with van der Waals surface area (Å²) in [7, 11) is 0. The highest BCUT2D eigenvalue weighted by Crippen LogP contribution is 2.17. The third kappa shape index (κ3) is 2.06. The summed E-state index contributed by atoms with van der Waals surface area (Å²) in [6.45, 7) is 0. The van der Waals surface area contributed by atoms with Crippen LogP contribution in [0, 0.1) is 0 Å². The molecule has 0 aliphatic rings. The maximum atomic E-state index is 5.76. The van der Waals surface area contributed by atoms with Gasteiger partial charge in [-0.25, -0.2) is 15.0 Å². The fourth-order valence-electron chi connectivity index (χ4n) is 1.82. The number of hydrogen-bond donors (Lipinski definition) is 2. The zero-order chi connectivity index (χ0) is 12.5. The predicted octanol–water partition coefficient (Wildman–Crippen LogP) is 2.29. The molecule has 5 nitrogen and oxygen atoms in total. The topological polar surface area (TPSA) is 80.5 Å². The lowest BCUT2D eigenvalue weighted by molar-refractivity contribution is 1.03. The molecule has 90 valence electrons. The molecule has 18 heavy (non-hydrogen) atoms. The van der Waals surface area contributed by atoms with Crippen LogP contribution in [0.5, 0.6) is 0 Å². The second-order valence-corrected chi connectivity index (χ2v) is 4.86. The second kappa shape index (κ2) is 4.38. The normalized spacial score (nSPS) is 10.9. The average Bonchev–Trinajstić information content (AvgIpc) is 2.73. The van der Waals surface area contributed by atoms with Crippen LogP contribution in [-0.2, 0) is 6.42 Å². The Morgan fingerprint density at radius 1 is 1.28 bits per heavy atom. The van der Waals surface area contributed by atoms with Crippen molar-refractivity contribution in [3.8, 4) is 0 Å². The van der Waals surface area contributed by atoms with Crippen molar-refractivity contribution < 1.29 is 0 Å². The van der Waals surface area contributed by atoms with Gasteiger partial charge in [-0.05, 0) is 17.7 Å². The van der Waals surface area contributed by atoms with E-state index < -0.39 is 0 Å². The van der Waals surface area contributed by atoms with Crippen LogP contribution in [0.4, 0.5) is 5.82 Å². The number of nitrogen functional groups attached to an aromatic ring is 1. The Balaban J connectivity index is 1.98. The Bertz CT molecular complexity index is 707. The van der Waals surface area contributed by atoms with E-state index in [0.717, 1.165) is 15.9 Å². The van der Waals surface area contributed by atoms with Crippen LogP contribution in [0.3, 0.4) is 0 Å². The van der Waals surface area contributed by atoms with E-state index in [4.69, 9.17) is 5.73 Å². The van der Waals surface area contributed by atoms with Crippen LogP contribution in [0.1, 0.15) is 11.4 Å². The SMILES string of the molecule is Nc1ncnc2nc(Cc3cccc(Br)c3)[nH]c12. The first-order valence-corrected chi connectivity index (χ1v) is 6.21.